The third-order valence-corrected chi connectivity index (χ3v) is 6.79. The number of aliphatic hydroxyl groups excluding tert-OH is 11. The molecule has 7 unspecified atom stereocenters. The number of unbranched alkanes of at least 4 members (excludes halogenated alkanes) is 4. The van der Waals surface area contributed by atoms with Gasteiger partial charge in [0.1, 0.15) is 0 Å². The summed E-state index contributed by atoms with van der Waals surface area (Å²) in [6.07, 6.45) is 11.8. The maximum absolute atomic E-state index is 9.35. The molecule has 49 heavy (non-hydrogen) atoms. The van der Waals surface area contributed by atoms with Gasteiger partial charge in [-0.2, -0.15) is 0 Å². The van der Waals surface area contributed by atoms with E-state index in [0.717, 1.165) is 83.5 Å². The maximum Gasteiger partial charge on any atom is 0.0641 e. The van der Waals surface area contributed by atoms with Crippen LogP contribution >= 0.6 is 0 Å². The van der Waals surface area contributed by atoms with Crippen molar-refractivity contribution in [1.29, 1.82) is 0 Å². The summed E-state index contributed by atoms with van der Waals surface area (Å²) in [5.74, 6) is 0. The van der Waals surface area contributed by atoms with Crippen LogP contribution in [0.1, 0.15) is 165 Å². The van der Waals surface area contributed by atoms with Crippen LogP contribution in [0, 0.1) is 0 Å². The predicted molar refractivity (Wildman–Crippen MR) is 200 cm³/mol. The molecule has 0 aliphatic heterocycles. The van der Waals surface area contributed by atoms with Crippen molar-refractivity contribution >= 4 is 0 Å². The van der Waals surface area contributed by atoms with E-state index in [2.05, 4.69) is 0 Å². The van der Waals surface area contributed by atoms with E-state index in [4.69, 9.17) is 56.2 Å². The Morgan fingerprint density at radius 3 is 1.08 bits per heavy atom. The monoisotopic (exact) mass is 723 g/mol. The van der Waals surface area contributed by atoms with Crippen molar-refractivity contribution in [2.75, 3.05) is 33.0 Å². The second-order valence-corrected chi connectivity index (χ2v) is 13.0. The van der Waals surface area contributed by atoms with Gasteiger partial charge in [0.15, 0.2) is 0 Å². The molecule has 0 saturated carbocycles. The van der Waals surface area contributed by atoms with Crippen LogP contribution in [0.4, 0.5) is 0 Å². The molecular formula is C37H86O12. The first kappa shape index (κ1) is 60.6. The van der Waals surface area contributed by atoms with Crippen molar-refractivity contribution in [3.63, 3.8) is 0 Å². The van der Waals surface area contributed by atoms with E-state index in [1.807, 2.05) is 20.8 Å². The molecule has 0 amide bonds. The van der Waals surface area contributed by atoms with E-state index in [0.29, 0.717) is 25.7 Å². The molecule has 0 aromatic rings. The van der Waals surface area contributed by atoms with Crippen molar-refractivity contribution in [3.05, 3.63) is 0 Å². The minimum Gasteiger partial charge on any atom is -0.396 e. The fraction of sp³-hybridized carbons (Fsp3) is 1.00. The van der Waals surface area contributed by atoms with E-state index in [9.17, 15) is 5.11 Å². The third kappa shape index (κ3) is 82.6. The Morgan fingerprint density at radius 2 is 0.816 bits per heavy atom. The Kier molecular flexibility index (Phi) is 61.4. The summed E-state index contributed by atoms with van der Waals surface area (Å²) in [5, 5.41) is 104. The molecule has 306 valence electrons. The Labute approximate surface area is 300 Å². The van der Waals surface area contributed by atoms with Gasteiger partial charge in [-0.25, -0.2) is 0 Å². The quantitative estimate of drug-likeness (QED) is 0.0678. The first-order chi connectivity index (χ1) is 22.9. The minimum absolute atomic E-state index is 0.0764. The van der Waals surface area contributed by atoms with E-state index in [-0.39, 0.29) is 69.7 Å². The lowest BCUT2D eigenvalue weighted by molar-refractivity contribution is 0.0249. The molecule has 0 saturated heterocycles. The number of hydrogen-bond donors (Lipinski definition) is 12. The molecule has 0 radical (unpaired) electrons. The van der Waals surface area contributed by atoms with Gasteiger partial charge in [-0.1, -0.05) is 40.0 Å². The van der Waals surface area contributed by atoms with Gasteiger partial charge in [0.25, 0.3) is 0 Å². The van der Waals surface area contributed by atoms with Crippen LogP contribution in [0.25, 0.3) is 0 Å². The normalized spacial score (nSPS) is 15.2. The summed E-state index contributed by atoms with van der Waals surface area (Å²) in [4.78, 5) is 0. The Bertz CT molecular complexity index is 514. The van der Waals surface area contributed by atoms with Gasteiger partial charge in [-0.3, -0.25) is 0 Å². The van der Waals surface area contributed by atoms with Crippen LogP contribution in [0.5, 0.6) is 0 Å². The van der Waals surface area contributed by atoms with Crippen LogP contribution in [0.3, 0.4) is 0 Å². The highest BCUT2D eigenvalue weighted by Crippen LogP contribution is 2.15. The zero-order valence-corrected chi connectivity index (χ0v) is 32.9. The number of hydrogen-bond acceptors (Lipinski definition) is 12. The molecular weight excluding hydrogens is 636 g/mol. The van der Waals surface area contributed by atoms with Gasteiger partial charge in [-0.05, 0) is 125 Å². The predicted octanol–water partition coefficient (Wildman–Crippen LogP) is 3.57. The first-order valence-electron chi connectivity index (χ1n) is 18.8. The molecule has 7 atom stereocenters. The lowest BCUT2D eigenvalue weighted by atomic mass is 9.97. The molecule has 0 spiro atoms. The number of rotatable bonds is 23. The zero-order valence-electron chi connectivity index (χ0n) is 32.9. The zero-order chi connectivity index (χ0) is 39.5. The molecule has 12 nitrogen and oxygen atoms in total. The molecule has 0 rings (SSSR count). The SMILES string of the molecule is CC(O)CCC(C)O.CC(O)CCCCO.CCC(O)CC(C)O.CCC(O)CCCO.CCCC(C)(O)CCO.OCCCCCCO. The van der Waals surface area contributed by atoms with Gasteiger partial charge in [0.2, 0.25) is 0 Å². The fourth-order valence-corrected chi connectivity index (χ4v) is 3.61. The summed E-state index contributed by atoms with van der Waals surface area (Å²) < 4.78 is 0. The van der Waals surface area contributed by atoms with Crippen molar-refractivity contribution in [2.45, 2.75) is 207 Å². The molecule has 0 aromatic carbocycles. The summed E-state index contributed by atoms with van der Waals surface area (Å²) >= 11 is 0. The Balaban J connectivity index is -0.000000113. The standard InChI is InChI=1S/C7H16O2.5C6H14O2/c1-3-4-7(2,9)5-6-8;1-5(7)3-4-6(2)8;1-6(8)4-2-3-5-7;1-3-6(8)4-5(2)7;1-2-6(8)4-3-5-7;7-5-3-1-2-4-6-8/h8-9H,3-6H2,1-2H3;5-8H,3-4H2,1-2H3;6-8H,2-5H2,1H3;5-8H,3-4H2,1-2H3;6-8H,2-5H2,1H3;7-8H,1-6H2. The largest absolute Gasteiger partial charge is 0.396 e. The third-order valence-electron chi connectivity index (χ3n) is 6.79. The van der Waals surface area contributed by atoms with Crippen molar-refractivity contribution < 1.29 is 61.3 Å². The summed E-state index contributed by atoms with van der Waals surface area (Å²) in [5.41, 5.74) is -0.649. The van der Waals surface area contributed by atoms with Crippen LogP contribution < -0.4 is 0 Å². The van der Waals surface area contributed by atoms with Crippen LogP contribution in [0.2, 0.25) is 0 Å². The lowest BCUT2D eigenvalue weighted by Gasteiger charge is -2.20. The molecule has 0 aliphatic carbocycles. The lowest BCUT2D eigenvalue weighted by Crippen LogP contribution is -2.24. The topological polar surface area (TPSA) is 243 Å². The van der Waals surface area contributed by atoms with Crippen molar-refractivity contribution in [1.82, 2.24) is 0 Å². The van der Waals surface area contributed by atoms with Gasteiger partial charge in [-0.15, -0.1) is 0 Å². The maximum atomic E-state index is 9.35. The van der Waals surface area contributed by atoms with Gasteiger partial charge < -0.3 is 61.3 Å². The smallest absolute Gasteiger partial charge is 0.0641 e. The van der Waals surface area contributed by atoms with E-state index in [1.54, 1.807) is 34.6 Å². The van der Waals surface area contributed by atoms with Gasteiger partial charge in [0.05, 0.1) is 42.2 Å². The molecule has 0 heterocycles. The summed E-state index contributed by atoms with van der Waals surface area (Å²) in [6.45, 7) is 15.6. The van der Waals surface area contributed by atoms with E-state index in [1.165, 1.54) is 0 Å². The average Bonchev–Trinajstić information content (AvgIpc) is 3.02. The highest BCUT2D eigenvalue weighted by molar-refractivity contribution is 4.70. The molecule has 0 aromatic heterocycles. The fourth-order valence-electron chi connectivity index (χ4n) is 3.61. The highest BCUT2D eigenvalue weighted by Gasteiger charge is 2.17. The molecule has 0 bridgehead atoms. The first-order valence-corrected chi connectivity index (χ1v) is 18.8. The van der Waals surface area contributed by atoms with E-state index < -0.39 is 5.60 Å². The molecule has 12 N–H and O–H groups in total. The second kappa shape index (κ2) is 49.6. The van der Waals surface area contributed by atoms with Gasteiger partial charge in [0, 0.05) is 33.0 Å². The molecule has 12 heteroatoms. The van der Waals surface area contributed by atoms with Gasteiger partial charge >= 0.3 is 0 Å². The average molecular weight is 723 g/mol. The van der Waals surface area contributed by atoms with Crippen LogP contribution in [0.15, 0.2) is 0 Å². The summed E-state index contributed by atoms with van der Waals surface area (Å²) in [7, 11) is 0. The summed E-state index contributed by atoms with van der Waals surface area (Å²) in [6, 6.07) is 0. The Morgan fingerprint density at radius 1 is 0.429 bits per heavy atom. The van der Waals surface area contributed by atoms with Crippen LogP contribution in [-0.2, 0) is 0 Å². The minimum atomic E-state index is -0.649. The number of aliphatic hydroxyl groups is 12. The Hall–Kier alpha value is -0.480. The van der Waals surface area contributed by atoms with Crippen molar-refractivity contribution in [3.8, 4) is 0 Å². The van der Waals surface area contributed by atoms with E-state index >= 15 is 0 Å². The second-order valence-electron chi connectivity index (χ2n) is 13.0. The van der Waals surface area contributed by atoms with Crippen molar-refractivity contribution in [2.24, 2.45) is 0 Å². The molecule has 0 fully saturated rings. The van der Waals surface area contributed by atoms with Crippen LogP contribution in [-0.4, -0.2) is 137 Å². The molecule has 0 aliphatic rings. The highest BCUT2D eigenvalue weighted by atomic mass is 16.3.